The average Bonchev–Trinajstić information content (AvgIpc) is 2.34. The molecule has 94 valence electrons. The van der Waals surface area contributed by atoms with Crippen LogP contribution in [0.25, 0.3) is 0 Å². The van der Waals surface area contributed by atoms with Crippen molar-refractivity contribution in [2.24, 2.45) is 0 Å². The standard InChI is InChI=1S/C12H15F2NO2/c13-10-2-1-9(7-11(10)14)12(3-5-16)8-15-4-6-17-12/h1-2,7,15-16H,3-6,8H2/t12-/m0/s1. The van der Waals surface area contributed by atoms with E-state index < -0.39 is 17.2 Å². The lowest BCUT2D eigenvalue weighted by atomic mass is 9.89. The van der Waals surface area contributed by atoms with E-state index in [2.05, 4.69) is 5.32 Å². The minimum Gasteiger partial charge on any atom is -0.396 e. The highest BCUT2D eigenvalue weighted by molar-refractivity contribution is 5.25. The first kappa shape index (κ1) is 12.4. The largest absolute Gasteiger partial charge is 0.396 e. The van der Waals surface area contributed by atoms with Gasteiger partial charge in [0.05, 0.1) is 6.61 Å². The molecule has 1 aromatic rings. The van der Waals surface area contributed by atoms with E-state index in [1.165, 1.54) is 6.07 Å². The van der Waals surface area contributed by atoms with Crippen LogP contribution in [0.5, 0.6) is 0 Å². The number of hydrogen-bond acceptors (Lipinski definition) is 3. The summed E-state index contributed by atoms with van der Waals surface area (Å²) in [6.45, 7) is 1.62. The van der Waals surface area contributed by atoms with Crippen LogP contribution < -0.4 is 5.32 Å². The molecule has 1 heterocycles. The van der Waals surface area contributed by atoms with Gasteiger partial charge < -0.3 is 15.2 Å². The Kier molecular flexibility index (Phi) is 3.71. The second-order valence-electron chi connectivity index (χ2n) is 4.12. The van der Waals surface area contributed by atoms with Gasteiger partial charge in [-0.2, -0.15) is 0 Å². The third kappa shape index (κ3) is 2.46. The van der Waals surface area contributed by atoms with E-state index in [1.807, 2.05) is 0 Å². The number of benzene rings is 1. The van der Waals surface area contributed by atoms with Crippen LogP contribution in [-0.4, -0.2) is 31.4 Å². The van der Waals surface area contributed by atoms with Gasteiger partial charge in [-0.25, -0.2) is 8.78 Å². The summed E-state index contributed by atoms with van der Waals surface area (Å²) in [5, 5.41) is 12.2. The molecular weight excluding hydrogens is 228 g/mol. The Labute approximate surface area is 98.4 Å². The number of halogens is 2. The van der Waals surface area contributed by atoms with Crippen molar-refractivity contribution in [2.45, 2.75) is 12.0 Å². The van der Waals surface area contributed by atoms with Crippen LogP contribution in [0.2, 0.25) is 0 Å². The van der Waals surface area contributed by atoms with Crippen molar-refractivity contribution in [3.05, 3.63) is 35.4 Å². The van der Waals surface area contributed by atoms with E-state index in [0.717, 1.165) is 18.7 Å². The molecule has 0 aliphatic carbocycles. The molecule has 0 amide bonds. The Morgan fingerprint density at radius 3 is 2.76 bits per heavy atom. The van der Waals surface area contributed by atoms with Crippen molar-refractivity contribution >= 4 is 0 Å². The van der Waals surface area contributed by atoms with Crippen LogP contribution in [0.4, 0.5) is 8.78 Å². The second kappa shape index (κ2) is 5.08. The fourth-order valence-corrected chi connectivity index (χ4v) is 2.11. The van der Waals surface area contributed by atoms with E-state index in [0.29, 0.717) is 25.1 Å². The minimum atomic E-state index is -0.894. The molecule has 1 saturated heterocycles. The molecule has 1 atom stereocenters. The maximum Gasteiger partial charge on any atom is 0.159 e. The number of aliphatic hydroxyl groups is 1. The van der Waals surface area contributed by atoms with Gasteiger partial charge in [-0.05, 0) is 17.7 Å². The van der Waals surface area contributed by atoms with Gasteiger partial charge in [0.1, 0.15) is 5.60 Å². The van der Waals surface area contributed by atoms with Gasteiger partial charge in [0.25, 0.3) is 0 Å². The number of aliphatic hydroxyl groups excluding tert-OH is 1. The normalized spacial score (nSPS) is 24.9. The van der Waals surface area contributed by atoms with Gasteiger partial charge in [0.15, 0.2) is 11.6 Å². The Hall–Kier alpha value is -1.04. The summed E-state index contributed by atoms with van der Waals surface area (Å²) < 4.78 is 31.8. The van der Waals surface area contributed by atoms with Gasteiger partial charge in [-0.1, -0.05) is 6.07 Å². The zero-order chi connectivity index (χ0) is 12.3. The first-order valence-electron chi connectivity index (χ1n) is 5.59. The lowest BCUT2D eigenvalue weighted by molar-refractivity contribution is -0.0841. The number of hydrogen-bond donors (Lipinski definition) is 2. The molecule has 1 fully saturated rings. The number of nitrogens with one attached hydrogen (secondary N) is 1. The van der Waals surface area contributed by atoms with Crippen LogP contribution in [0.1, 0.15) is 12.0 Å². The lowest BCUT2D eigenvalue weighted by Gasteiger charge is -2.38. The van der Waals surface area contributed by atoms with Crippen molar-refractivity contribution < 1.29 is 18.6 Å². The predicted molar refractivity (Wildman–Crippen MR) is 58.6 cm³/mol. The summed E-state index contributed by atoms with van der Waals surface area (Å²) in [4.78, 5) is 0. The third-order valence-corrected chi connectivity index (χ3v) is 3.03. The van der Waals surface area contributed by atoms with Crippen LogP contribution in [0.3, 0.4) is 0 Å². The van der Waals surface area contributed by atoms with Crippen LogP contribution in [0.15, 0.2) is 18.2 Å². The zero-order valence-electron chi connectivity index (χ0n) is 9.38. The quantitative estimate of drug-likeness (QED) is 0.837. The molecule has 0 spiro atoms. The highest BCUT2D eigenvalue weighted by Crippen LogP contribution is 2.31. The molecule has 1 aromatic carbocycles. The maximum atomic E-state index is 13.2. The molecular formula is C12H15F2NO2. The van der Waals surface area contributed by atoms with Gasteiger partial charge in [0, 0.05) is 26.1 Å². The van der Waals surface area contributed by atoms with E-state index in [9.17, 15) is 8.78 Å². The minimum absolute atomic E-state index is 0.0688. The fourth-order valence-electron chi connectivity index (χ4n) is 2.11. The molecule has 3 nitrogen and oxygen atoms in total. The Bertz CT molecular complexity index is 387. The van der Waals surface area contributed by atoms with E-state index in [4.69, 9.17) is 9.84 Å². The molecule has 1 aliphatic rings. The van der Waals surface area contributed by atoms with Crippen molar-refractivity contribution in [3.63, 3.8) is 0 Å². The molecule has 0 saturated carbocycles. The van der Waals surface area contributed by atoms with Crippen molar-refractivity contribution in [1.82, 2.24) is 5.32 Å². The Balaban J connectivity index is 2.34. The first-order valence-corrected chi connectivity index (χ1v) is 5.59. The maximum absolute atomic E-state index is 13.2. The van der Waals surface area contributed by atoms with Gasteiger partial charge in [-0.3, -0.25) is 0 Å². The summed E-state index contributed by atoms with van der Waals surface area (Å²) in [5.74, 6) is -1.77. The zero-order valence-corrected chi connectivity index (χ0v) is 9.38. The van der Waals surface area contributed by atoms with E-state index in [-0.39, 0.29) is 6.61 Å². The fraction of sp³-hybridized carbons (Fsp3) is 0.500. The third-order valence-electron chi connectivity index (χ3n) is 3.03. The Morgan fingerprint density at radius 1 is 1.35 bits per heavy atom. The molecule has 0 unspecified atom stereocenters. The molecule has 17 heavy (non-hydrogen) atoms. The van der Waals surface area contributed by atoms with Crippen molar-refractivity contribution in [2.75, 3.05) is 26.3 Å². The summed E-state index contributed by atoms with van der Waals surface area (Å²) in [6.07, 6.45) is 0.352. The molecule has 0 aromatic heterocycles. The van der Waals surface area contributed by atoms with Gasteiger partial charge in [-0.15, -0.1) is 0 Å². The van der Waals surface area contributed by atoms with Gasteiger partial charge in [0.2, 0.25) is 0 Å². The predicted octanol–water partition coefficient (Wildman–Crippen LogP) is 1.16. The van der Waals surface area contributed by atoms with Crippen LogP contribution in [0, 0.1) is 11.6 Å². The van der Waals surface area contributed by atoms with E-state index in [1.54, 1.807) is 0 Å². The lowest BCUT2D eigenvalue weighted by Crippen LogP contribution is -2.48. The SMILES string of the molecule is OCC[C@@]1(c2ccc(F)c(F)c2)CNCCO1. The smallest absolute Gasteiger partial charge is 0.159 e. The Morgan fingerprint density at radius 2 is 2.18 bits per heavy atom. The topological polar surface area (TPSA) is 41.5 Å². The molecule has 0 radical (unpaired) electrons. The van der Waals surface area contributed by atoms with Gasteiger partial charge >= 0.3 is 0 Å². The molecule has 0 bridgehead atoms. The number of rotatable bonds is 3. The molecule has 5 heteroatoms. The monoisotopic (exact) mass is 243 g/mol. The van der Waals surface area contributed by atoms with Crippen LogP contribution in [-0.2, 0) is 10.3 Å². The summed E-state index contributed by atoms with van der Waals surface area (Å²) in [6, 6.07) is 3.72. The highest BCUT2D eigenvalue weighted by Gasteiger charge is 2.35. The molecule has 2 N–H and O–H groups in total. The van der Waals surface area contributed by atoms with Crippen molar-refractivity contribution in [3.8, 4) is 0 Å². The first-order chi connectivity index (χ1) is 8.18. The van der Waals surface area contributed by atoms with E-state index >= 15 is 0 Å². The average molecular weight is 243 g/mol. The molecule has 2 rings (SSSR count). The summed E-state index contributed by atoms with van der Waals surface area (Å²) in [5.41, 5.74) is -0.209. The molecule has 1 aliphatic heterocycles. The highest BCUT2D eigenvalue weighted by atomic mass is 19.2. The second-order valence-corrected chi connectivity index (χ2v) is 4.12. The summed E-state index contributed by atoms with van der Waals surface area (Å²) >= 11 is 0. The van der Waals surface area contributed by atoms with Crippen LogP contribution >= 0.6 is 0 Å². The number of ether oxygens (including phenoxy) is 1. The summed E-state index contributed by atoms with van der Waals surface area (Å²) in [7, 11) is 0. The van der Waals surface area contributed by atoms with Crippen molar-refractivity contribution in [1.29, 1.82) is 0 Å². The number of morpholine rings is 1.